The fourth-order valence-corrected chi connectivity index (χ4v) is 8.85. The molecule has 0 N–H and O–H groups in total. The molecule has 264 valence electrons. The second-order valence-corrected chi connectivity index (χ2v) is 14.5. The number of fused-ring (bicyclic) bond motifs is 3. The topological polar surface area (TPSA) is 3.24 Å². The third-order valence-electron chi connectivity index (χ3n) is 11.4. The Bertz CT molecular complexity index is 2720. The van der Waals surface area contributed by atoms with Gasteiger partial charge in [-0.15, -0.1) is 0 Å². The zero-order chi connectivity index (χ0) is 37.3. The highest BCUT2D eigenvalue weighted by Gasteiger charge is 2.46. The molecule has 0 saturated carbocycles. The maximum absolute atomic E-state index is 2.48. The van der Waals surface area contributed by atoms with Gasteiger partial charge in [0.05, 0.1) is 5.41 Å². The van der Waals surface area contributed by atoms with Crippen molar-refractivity contribution in [2.24, 2.45) is 0 Å². The minimum absolute atomic E-state index is 0.546. The fourth-order valence-electron chi connectivity index (χ4n) is 8.85. The zero-order valence-corrected chi connectivity index (χ0v) is 31.0. The molecule has 0 aliphatic heterocycles. The van der Waals surface area contributed by atoms with Crippen molar-refractivity contribution >= 4 is 17.1 Å². The average Bonchev–Trinajstić information content (AvgIpc) is 3.58. The van der Waals surface area contributed by atoms with Crippen molar-refractivity contribution in [1.29, 1.82) is 0 Å². The fraction of sp³-hybridized carbons (Fsp3) is 0.0182. The number of para-hydroxylation sites is 2. The summed E-state index contributed by atoms with van der Waals surface area (Å²) >= 11 is 0. The molecule has 0 bridgehead atoms. The van der Waals surface area contributed by atoms with Crippen LogP contribution in [0.5, 0.6) is 0 Å². The number of benzene rings is 9. The highest BCUT2D eigenvalue weighted by Crippen LogP contribution is 2.57. The number of rotatable bonds is 8. The molecule has 9 aromatic carbocycles. The van der Waals surface area contributed by atoms with Crippen molar-refractivity contribution in [3.8, 4) is 44.5 Å². The summed E-state index contributed by atoms with van der Waals surface area (Å²) in [7, 11) is 0. The summed E-state index contributed by atoms with van der Waals surface area (Å²) in [5.74, 6) is 0. The van der Waals surface area contributed by atoms with E-state index in [-0.39, 0.29) is 0 Å². The van der Waals surface area contributed by atoms with Gasteiger partial charge in [-0.1, -0.05) is 188 Å². The molecule has 1 heteroatoms. The van der Waals surface area contributed by atoms with Crippen molar-refractivity contribution in [3.05, 3.63) is 259 Å². The van der Waals surface area contributed by atoms with Gasteiger partial charge in [-0.2, -0.15) is 0 Å². The first-order valence-electron chi connectivity index (χ1n) is 19.3. The van der Waals surface area contributed by atoms with E-state index in [0.717, 1.165) is 17.1 Å². The first-order valence-corrected chi connectivity index (χ1v) is 19.3. The van der Waals surface area contributed by atoms with Gasteiger partial charge in [0.25, 0.3) is 0 Å². The molecular weight excluding hydrogens is 675 g/mol. The van der Waals surface area contributed by atoms with Crippen LogP contribution in [0.4, 0.5) is 17.1 Å². The van der Waals surface area contributed by atoms with Crippen LogP contribution < -0.4 is 4.90 Å². The van der Waals surface area contributed by atoms with Crippen LogP contribution in [0, 0.1) is 0 Å². The molecule has 9 aromatic rings. The molecule has 0 saturated heterocycles. The Kier molecular flexibility index (Phi) is 8.46. The van der Waals surface area contributed by atoms with Crippen LogP contribution in [0.25, 0.3) is 44.5 Å². The summed E-state index contributed by atoms with van der Waals surface area (Å²) in [6.07, 6.45) is 0. The highest BCUT2D eigenvalue weighted by molar-refractivity contribution is 5.92. The van der Waals surface area contributed by atoms with E-state index >= 15 is 0 Å². The predicted octanol–water partition coefficient (Wildman–Crippen LogP) is 14.5. The van der Waals surface area contributed by atoms with Gasteiger partial charge < -0.3 is 4.90 Å². The van der Waals surface area contributed by atoms with Crippen LogP contribution in [0.3, 0.4) is 0 Å². The molecule has 56 heavy (non-hydrogen) atoms. The van der Waals surface area contributed by atoms with Gasteiger partial charge in [0.15, 0.2) is 0 Å². The Morgan fingerprint density at radius 2 is 0.714 bits per heavy atom. The minimum atomic E-state index is -0.546. The summed E-state index contributed by atoms with van der Waals surface area (Å²) in [6.45, 7) is 0. The molecule has 1 nitrogen and oxygen atoms in total. The van der Waals surface area contributed by atoms with Crippen LogP contribution in [-0.4, -0.2) is 0 Å². The van der Waals surface area contributed by atoms with Gasteiger partial charge in [-0.25, -0.2) is 0 Å². The standard InChI is InChI=1S/C55H39N/c1-6-18-40(19-7-1)42-30-36-49(41-20-8-2-9-21-41)52(38-42)43-31-37-51-50-28-16-17-29-53(50)55(54(51)39-43,44-22-10-3-11-23-44)45-32-34-48(35-33-45)56(46-24-12-4-13-25-46)47-26-14-5-15-27-47/h1-39H. The van der Waals surface area contributed by atoms with Crippen molar-refractivity contribution < 1.29 is 0 Å². The lowest BCUT2D eigenvalue weighted by atomic mass is 9.67. The third-order valence-corrected chi connectivity index (χ3v) is 11.4. The van der Waals surface area contributed by atoms with Gasteiger partial charge in [0, 0.05) is 17.1 Å². The van der Waals surface area contributed by atoms with Crippen LogP contribution in [-0.2, 0) is 5.41 Å². The van der Waals surface area contributed by atoms with Gasteiger partial charge in [0.1, 0.15) is 0 Å². The molecule has 1 aliphatic carbocycles. The zero-order valence-electron chi connectivity index (χ0n) is 31.0. The average molecular weight is 714 g/mol. The maximum atomic E-state index is 2.48. The Morgan fingerprint density at radius 1 is 0.250 bits per heavy atom. The Morgan fingerprint density at radius 3 is 1.36 bits per heavy atom. The lowest BCUT2D eigenvalue weighted by molar-refractivity contribution is 0.769. The lowest BCUT2D eigenvalue weighted by Gasteiger charge is -2.35. The summed E-state index contributed by atoms with van der Waals surface area (Å²) < 4.78 is 0. The van der Waals surface area contributed by atoms with E-state index in [9.17, 15) is 0 Å². The molecule has 0 radical (unpaired) electrons. The molecule has 0 heterocycles. The second kappa shape index (κ2) is 14.2. The van der Waals surface area contributed by atoms with Gasteiger partial charge in [-0.3, -0.25) is 0 Å². The molecule has 10 rings (SSSR count). The third kappa shape index (κ3) is 5.65. The normalized spacial score (nSPS) is 14.1. The molecule has 1 unspecified atom stereocenters. The van der Waals surface area contributed by atoms with E-state index in [4.69, 9.17) is 0 Å². The van der Waals surface area contributed by atoms with E-state index < -0.39 is 5.41 Å². The van der Waals surface area contributed by atoms with Crippen molar-refractivity contribution in [3.63, 3.8) is 0 Å². The summed E-state index contributed by atoms with van der Waals surface area (Å²) in [4.78, 5) is 2.33. The minimum Gasteiger partial charge on any atom is -0.311 e. The summed E-state index contributed by atoms with van der Waals surface area (Å²) in [6, 6.07) is 86.2. The first-order chi connectivity index (χ1) is 27.8. The van der Waals surface area contributed by atoms with Gasteiger partial charge in [0.2, 0.25) is 0 Å². The SMILES string of the molecule is c1ccc(-c2ccc(-c3ccccc3)c(-c3ccc4c(c3)C(c3ccccc3)(c3ccc(N(c5ccccc5)c5ccccc5)cc3)c3ccccc3-4)c2)cc1. The van der Waals surface area contributed by atoms with Gasteiger partial charge in [-0.05, 0) is 115 Å². The van der Waals surface area contributed by atoms with E-state index in [1.165, 1.54) is 66.8 Å². The monoisotopic (exact) mass is 713 g/mol. The number of hydrogen-bond donors (Lipinski definition) is 0. The van der Waals surface area contributed by atoms with E-state index in [1.54, 1.807) is 0 Å². The first kappa shape index (κ1) is 33.4. The molecule has 0 aromatic heterocycles. The smallest absolute Gasteiger partial charge is 0.0713 e. The highest BCUT2D eigenvalue weighted by atomic mass is 15.1. The van der Waals surface area contributed by atoms with E-state index in [0.29, 0.717) is 0 Å². The number of hydrogen-bond acceptors (Lipinski definition) is 1. The molecule has 1 atom stereocenters. The van der Waals surface area contributed by atoms with Gasteiger partial charge >= 0.3 is 0 Å². The molecule has 0 amide bonds. The second-order valence-electron chi connectivity index (χ2n) is 14.5. The number of nitrogens with zero attached hydrogens (tertiary/aromatic N) is 1. The number of anilines is 3. The molecular formula is C55H39N. The Hall–Kier alpha value is -7.22. The van der Waals surface area contributed by atoms with Crippen molar-refractivity contribution in [2.75, 3.05) is 4.90 Å². The maximum Gasteiger partial charge on any atom is 0.0713 e. The largest absolute Gasteiger partial charge is 0.311 e. The van der Waals surface area contributed by atoms with Crippen molar-refractivity contribution in [2.45, 2.75) is 5.41 Å². The van der Waals surface area contributed by atoms with Crippen LogP contribution >= 0.6 is 0 Å². The summed E-state index contributed by atoms with van der Waals surface area (Å²) in [5, 5.41) is 0. The molecule has 0 fully saturated rings. The predicted molar refractivity (Wildman–Crippen MR) is 235 cm³/mol. The Labute approximate surface area is 329 Å². The van der Waals surface area contributed by atoms with Crippen LogP contribution in [0.2, 0.25) is 0 Å². The van der Waals surface area contributed by atoms with Crippen molar-refractivity contribution in [1.82, 2.24) is 0 Å². The quantitative estimate of drug-likeness (QED) is 0.152. The van der Waals surface area contributed by atoms with Crippen LogP contribution in [0.1, 0.15) is 22.3 Å². The van der Waals surface area contributed by atoms with Crippen LogP contribution in [0.15, 0.2) is 237 Å². The van der Waals surface area contributed by atoms with E-state index in [2.05, 4.69) is 241 Å². The lowest BCUT2D eigenvalue weighted by Crippen LogP contribution is -2.28. The molecule has 0 spiro atoms. The summed E-state index contributed by atoms with van der Waals surface area (Å²) in [5.41, 5.74) is 17.7. The molecule has 1 aliphatic rings. The van der Waals surface area contributed by atoms with E-state index in [1.807, 2.05) is 0 Å². The Balaban J connectivity index is 1.20.